The van der Waals surface area contributed by atoms with Gasteiger partial charge in [-0.05, 0) is 44.3 Å². The molecule has 0 aromatic heterocycles. The van der Waals surface area contributed by atoms with Gasteiger partial charge >= 0.3 is 0 Å². The monoisotopic (exact) mass is 368 g/mol. The van der Waals surface area contributed by atoms with Crippen molar-refractivity contribution in [3.8, 4) is 0 Å². The third-order valence-corrected chi connectivity index (χ3v) is 5.53. The van der Waals surface area contributed by atoms with E-state index in [1.54, 1.807) is 0 Å². The lowest BCUT2D eigenvalue weighted by Gasteiger charge is -2.32. The number of nitrogens with zero attached hydrogens (tertiary/aromatic N) is 2. The van der Waals surface area contributed by atoms with E-state index in [0.717, 1.165) is 50.6 Å². The van der Waals surface area contributed by atoms with E-state index in [1.165, 1.54) is 31.2 Å². The molecule has 142 valence electrons. The second-order valence-corrected chi connectivity index (χ2v) is 7.28. The fraction of sp³-hybridized carbons (Fsp3) is 0.650. The molecule has 1 aromatic carbocycles. The highest BCUT2D eigenvalue weighted by Crippen LogP contribution is 2.34. The Morgan fingerprint density at radius 1 is 1.04 bits per heavy atom. The van der Waals surface area contributed by atoms with Crippen molar-refractivity contribution in [1.82, 2.24) is 9.80 Å². The lowest BCUT2D eigenvalue weighted by Crippen LogP contribution is -2.44. The molecule has 3 rings (SSSR count). The Kier molecular flexibility index (Phi) is 9.65. The Morgan fingerprint density at radius 3 is 2.24 bits per heavy atom. The standard InChI is InChI=1S/C20H30N2O.ClH.H2O/c1-21-13-15-22(16-14-21)12-4-7-20(23)19-10-8-18(9-11-19)17-5-2-3-6-17;;/h8-11,17H,2-7,12-16H2,1H3;1H;1H2. The summed E-state index contributed by atoms with van der Waals surface area (Å²) in [5.41, 5.74) is 2.32. The first kappa shape index (κ1) is 22.1. The van der Waals surface area contributed by atoms with Crippen LogP contribution in [0.25, 0.3) is 0 Å². The number of carbonyl (C=O) groups is 1. The molecule has 1 aromatic rings. The van der Waals surface area contributed by atoms with Crippen LogP contribution in [0, 0.1) is 0 Å². The second-order valence-electron chi connectivity index (χ2n) is 7.28. The molecule has 4 nitrogen and oxygen atoms in total. The molecular formula is C20H33ClN2O2. The Balaban J connectivity index is 0.00000156. The third kappa shape index (κ3) is 6.37. The zero-order valence-corrected chi connectivity index (χ0v) is 16.2. The number of piperazine rings is 1. The lowest BCUT2D eigenvalue weighted by atomic mass is 9.95. The molecule has 0 unspecified atom stereocenters. The summed E-state index contributed by atoms with van der Waals surface area (Å²) in [6.07, 6.45) is 7.01. The minimum atomic E-state index is 0. The van der Waals surface area contributed by atoms with E-state index in [-0.39, 0.29) is 17.9 Å². The van der Waals surface area contributed by atoms with Crippen LogP contribution < -0.4 is 0 Å². The Morgan fingerprint density at radius 2 is 1.64 bits per heavy atom. The molecule has 1 saturated heterocycles. The maximum atomic E-state index is 12.3. The van der Waals surface area contributed by atoms with Crippen LogP contribution in [0.1, 0.15) is 60.4 Å². The summed E-state index contributed by atoms with van der Waals surface area (Å²) in [4.78, 5) is 17.2. The van der Waals surface area contributed by atoms with Crippen LogP contribution in [0.4, 0.5) is 0 Å². The molecular weight excluding hydrogens is 336 g/mol. The molecule has 5 heteroatoms. The molecule has 0 radical (unpaired) electrons. The van der Waals surface area contributed by atoms with Crippen molar-refractivity contribution < 1.29 is 10.3 Å². The molecule has 2 aliphatic rings. The van der Waals surface area contributed by atoms with Gasteiger partial charge < -0.3 is 15.3 Å². The minimum absolute atomic E-state index is 0. The van der Waals surface area contributed by atoms with Gasteiger partial charge in [0.05, 0.1) is 0 Å². The molecule has 2 fully saturated rings. The molecule has 0 amide bonds. The third-order valence-electron chi connectivity index (χ3n) is 5.53. The quantitative estimate of drug-likeness (QED) is 0.725. The summed E-state index contributed by atoms with van der Waals surface area (Å²) in [6.45, 7) is 5.63. The van der Waals surface area contributed by atoms with Crippen LogP contribution in [0.2, 0.25) is 0 Å². The number of ketones is 1. The molecule has 0 bridgehead atoms. The summed E-state index contributed by atoms with van der Waals surface area (Å²) in [5.74, 6) is 1.04. The van der Waals surface area contributed by atoms with Crippen LogP contribution in [0.5, 0.6) is 0 Å². The van der Waals surface area contributed by atoms with Gasteiger partial charge in [-0.2, -0.15) is 0 Å². The van der Waals surface area contributed by atoms with Gasteiger partial charge in [-0.3, -0.25) is 4.79 Å². The van der Waals surface area contributed by atoms with Gasteiger partial charge in [0.15, 0.2) is 5.78 Å². The van der Waals surface area contributed by atoms with Crippen LogP contribution >= 0.6 is 12.4 Å². The van der Waals surface area contributed by atoms with Gasteiger partial charge in [0.1, 0.15) is 0 Å². The topological polar surface area (TPSA) is 55.0 Å². The normalized spacial score (nSPS) is 19.2. The highest BCUT2D eigenvalue weighted by molar-refractivity contribution is 5.96. The molecule has 1 aliphatic carbocycles. The highest BCUT2D eigenvalue weighted by Gasteiger charge is 2.17. The predicted molar refractivity (Wildman–Crippen MR) is 106 cm³/mol. The van der Waals surface area contributed by atoms with Crippen LogP contribution in [0.3, 0.4) is 0 Å². The zero-order valence-electron chi connectivity index (χ0n) is 15.4. The molecule has 25 heavy (non-hydrogen) atoms. The van der Waals surface area contributed by atoms with Crippen molar-refractivity contribution in [3.63, 3.8) is 0 Å². The number of halogens is 1. The number of hydrogen-bond donors (Lipinski definition) is 0. The van der Waals surface area contributed by atoms with Gasteiger partial charge in [0.2, 0.25) is 0 Å². The Labute approximate surface area is 158 Å². The molecule has 1 saturated carbocycles. The van der Waals surface area contributed by atoms with Crippen molar-refractivity contribution >= 4 is 18.2 Å². The van der Waals surface area contributed by atoms with Gasteiger partial charge in [0.25, 0.3) is 0 Å². The first-order valence-corrected chi connectivity index (χ1v) is 9.26. The van der Waals surface area contributed by atoms with Gasteiger partial charge in [-0.15, -0.1) is 12.4 Å². The van der Waals surface area contributed by atoms with Crippen LogP contribution in [0.15, 0.2) is 24.3 Å². The minimum Gasteiger partial charge on any atom is -0.412 e. The van der Waals surface area contributed by atoms with Gasteiger partial charge in [0, 0.05) is 38.2 Å². The average Bonchev–Trinajstić information content (AvgIpc) is 3.11. The number of benzene rings is 1. The van der Waals surface area contributed by atoms with E-state index >= 15 is 0 Å². The van der Waals surface area contributed by atoms with E-state index < -0.39 is 0 Å². The highest BCUT2D eigenvalue weighted by atomic mass is 35.5. The smallest absolute Gasteiger partial charge is 0.162 e. The summed E-state index contributed by atoms with van der Waals surface area (Å²) in [7, 11) is 2.18. The summed E-state index contributed by atoms with van der Waals surface area (Å²) >= 11 is 0. The maximum absolute atomic E-state index is 12.3. The molecule has 0 spiro atoms. The predicted octanol–water partition coefficient (Wildman–Crippen LogP) is 3.15. The first-order valence-electron chi connectivity index (χ1n) is 9.26. The van der Waals surface area contributed by atoms with E-state index in [4.69, 9.17) is 0 Å². The van der Waals surface area contributed by atoms with E-state index in [1.807, 2.05) is 12.1 Å². The number of Topliss-reactive ketones (excluding diaryl/α,β-unsaturated/α-hetero) is 1. The van der Waals surface area contributed by atoms with Gasteiger partial charge in [-0.25, -0.2) is 0 Å². The molecule has 0 atom stereocenters. The summed E-state index contributed by atoms with van der Waals surface area (Å²) in [6, 6.07) is 8.46. The van der Waals surface area contributed by atoms with Crippen molar-refractivity contribution in [2.24, 2.45) is 0 Å². The van der Waals surface area contributed by atoms with Gasteiger partial charge in [-0.1, -0.05) is 37.1 Å². The first-order chi connectivity index (χ1) is 11.2. The number of hydrogen-bond acceptors (Lipinski definition) is 3. The second kappa shape index (κ2) is 10.9. The SMILES string of the molecule is CN1CCN(CCCC(=O)c2ccc(C3CCCC3)cc2)CC1.Cl.O. The number of likely N-dealkylation sites (N-methyl/N-ethyl adjacent to an activating group) is 1. The summed E-state index contributed by atoms with van der Waals surface area (Å²) in [5, 5.41) is 0. The van der Waals surface area contributed by atoms with Crippen molar-refractivity contribution in [1.29, 1.82) is 0 Å². The average molecular weight is 369 g/mol. The van der Waals surface area contributed by atoms with Crippen molar-refractivity contribution in [3.05, 3.63) is 35.4 Å². The molecule has 1 aliphatic heterocycles. The van der Waals surface area contributed by atoms with Crippen LogP contribution in [-0.4, -0.2) is 60.8 Å². The van der Waals surface area contributed by atoms with Crippen LogP contribution in [-0.2, 0) is 0 Å². The van der Waals surface area contributed by atoms with Crippen molar-refractivity contribution in [2.45, 2.75) is 44.4 Å². The van der Waals surface area contributed by atoms with E-state index in [2.05, 4.69) is 29.0 Å². The molecule has 1 heterocycles. The summed E-state index contributed by atoms with van der Waals surface area (Å²) < 4.78 is 0. The number of rotatable bonds is 6. The number of carbonyl (C=O) groups excluding carboxylic acids is 1. The Hall–Kier alpha value is -0.940. The zero-order chi connectivity index (χ0) is 16.1. The lowest BCUT2D eigenvalue weighted by molar-refractivity contribution is 0.0967. The maximum Gasteiger partial charge on any atom is 0.162 e. The van der Waals surface area contributed by atoms with E-state index in [0.29, 0.717) is 12.2 Å². The molecule has 2 N–H and O–H groups in total. The fourth-order valence-electron chi connectivity index (χ4n) is 3.88. The van der Waals surface area contributed by atoms with Crippen molar-refractivity contribution in [2.75, 3.05) is 39.8 Å². The largest absolute Gasteiger partial charge is 0.412 e. The fourth-order valence-corrected chi connectivity index (χ4v) is 3.88. The van der Waals surface area contributed by atoms with E-state index in [9.17, 15) is 4.79 Å². The Bertz CT molecular complexity index is 507.